The number of alkyl halides is 3. The van der Waals surface area contributed by atoms with Crippen LogP contribution in [0.4, 0.5) is 17.6 Å². The molecule has 33 heavy (non-hydrogen) atoms. The Hall–Kier alpha value is -2.78. The van der Waals surface area contributed by atoms with Crippen molar-refractivity contribution in [3.63, 3.8) is 0 Å². The fourth-order valence-electron chi connectivity index (χ4n) is 3.66. The molecule has 4 nitrogen and oxygen atoms in total. The van der Waals surface area contributed by atoms with Crippen molar-refractivity contribution in [3.05, 3.63) is 86.6 Å². The van der Waals surface area contributed by atoms with E-state index < -0.39 is 23.6 Å². The van der Waals surface area contributed by atoms with Gasteiger partial charge in [0.05, 0.1) is 16.3 Å². The Morgan fingerprint density at radius 2 is 1.70 bits per heavy atom. The molecule has 0 fully saturated rings. The maximum Gasteiger partial charge on any atom is 0.416 e. The third-order valence-electron chi connectivity index (χ3n) is 5.34. The molecular formula is C24H25F4N3OS. The number of nitrogens with one attached hydrogen (secondary N) is 2. The maximum absolute atomic E-state index is 13.4. The van der Waals surface area contributed by atoms with Crippen molar-refractivity contribution in [1.82, 2.24) is 15.6 Å². The van der Waals surface area contributed by atoms with Gasteiger partial charge < -0.3 is 5.32 Å². The quantitative estimate of drug-likeness (QED) is 0.410. The van der Waals surface area contributed by atoms with E-state index >= 15 is 0 Å². The molecule has 1 aromatic heterocycles. The molecule has 0 aliphatic heterocycles. The Morgan fingerprint density at radius 3 is 2.21 bits per heavy atom. The van der Waals surface area contributed by atoms with Crippen LogP contribution in [0.1, 0.15) is 50.8 Å². The lowest BCUT2D eigenvalue weighted by molar-refractivity contribution is -0.137. The van der Waals surface area contributed by atoms with Crippen molar-refractivity contribution in [1.29, 1.82) is 0 Å². The Morgan fingerprint density at radius 1 is 1.06 bits per heavy atom. The molecule has 2 aromatic carbocycles. The molecule has 2 atom stereocenters. The van der Waals surface area contributed by atoms with E-state index in [-0.39, 0.29) is 11.9 Å². The molecule has 1 heterocycles. The third-order valence-corrected chi connectivity index (χ3v) is 6.53. The highest BCUT2D eigenvalue weighted by molar-refractivity contribution is 7.11. The van der Waals surface area contributed by atoms with Crippen molar-refractivity contribution < 1.29 is 22.4 Å². The molecular weight excluding hydrogens is 454 g/mol. The van der Waals surface area contributed by atoms with Gasteiger partial charge in [0.1, 0.15) is 11.9 Å². The zero-order chi connectivity index (χ0) is 24.2. The van der Waals surface area contributed by atoms with Crippen LogP contribution in [0, 0.1) is 19.7 Å². The number of hydrogen-bond donors (Lipinski definition) is 2. The minimum Gasteiger partial charge on any atom is -0.358 e. The summed E-state index contributed by atoms with van der Waals surface area (Å²) < 4.78 is 52.0. The predicted molar refractivity (Wildman–Crippen MR) is 120 cm³/mol. The van der Waals surface area contributed by atoms with E-state index in [1.54, 1.807) is 12.1 Å². The highest BCUT2D eigenvalue weighted by atomic mass is 32.1. The van der Waals surface area contributed by atoms with Crippen molar-refractivity contribution in [3.8, 4) is 0 Å². The minimum absolute atomic E-state index is 0.278. The summed E-state index contributed by atoms with van der Waals surface area (Å²) in [6, 6.07) is 9.78. The van der Waals surface area contributed by atoms with E-state index in [9.17, 15) is 22.4 Å². The summed E-state index contributed by atoms with van der Waals surface area (Å²) in [6.45, 7) is 3.78. The van der Waals surface area contributed by atoms with Gasteiger partial charge in [0.25, 0.3) is 0 Å². The third kappa shape index (κ3) is 6.39. The Balaban J connectivity index is 1.86. The van der Waals surface area contributed by atoms with Crippen LogP contribution in [0.3, 0.4) is 0 Å². The summed E-state index contributed by atoms with van der Waals surface area (Å²) in [7, 11) is 1.53. The fourth-order valence-corrected chi connectivity index (χ4v) is 4.68. The molecule has 0 saturated heterocycles. The minimum atomic E-state index is -4.38. The first-order valence-corrected chi connectivity index (χ1v) is 11.2. The summed E-state index contributed by atoms with van der Waals surface area (Å²) in [5.74, 6) is -0.679. The van der Waals surface area contributed by atoms with Gasteiger partial charge in [-0.1, -0.05) is 24.3 Å². The number of rotatable bonds is 8. The van der Waals surface area contributed by atoms with Crippen LogP contribution in [0.15, 0.2) is 48.5 Å². The zero-order valence-corrected chi connectivity index (χ0v) is 19.3. The van der Waals surface area contributed by atoms with Crippen molar-refractivity contribution in [2.24, 2.45) is 0 Å². The fraction of sp³-hybridized carbons (Fsp3) is 0.333. The average Bonchev–Trinajstić information content (AvgIpc) is 3.11. The Labute approximate surface area is 194 Å². The Bertz CT molecular complexity index is 1080. The van der Waals surface area contributed by atoms with Crippen molar-refractivity contribution in [2.75, 3.05) is 7.05 Å². The molecule has 0 saturated carbocycles. The lowest BCUT2D eigenvalue weighted by Crippen LogP contribution is -2.38. The normalized spacial score (nSPS) is 13.5. The van der Waals surface area contributed by atoms with E-state index in [0.29, 0.717) is 18.4 Å². The van der Waals surface area contributed by atoms with Crippen molar-refractivity contribution in [2.45, 2.75) is 44.9 Å². The number of likely N-dealkylation sites (N-methyl/N-ethyl adjacent to an activating group) is 1. The number of nitrogens with zero attached hydrogens (tertiary/aromatic N) is 1. The number of halogens is 4. The Kier molecular flexibility index (Phi) is 7.86. The molecule has 0 aliphatic carbocycles. The van der Waals surface area contributed by atoms with Crippen LogP contribution in [0.25, 0.3) is 0 Å². The standard InChI is InChI=1S/C24H25F4N3OS/c1-14-22(33-15(2)30-14)20(13-6-16-4-9-18(10-5-16)24(26,27)28)31-21(23(32)29-3)17-7-11-19(25)12-8-17/h4-5,7-12,20-21,31H,6,13H2,1-3H3,(H,29,32)/t20-,21+/m0/s1. The van der Waals surface area contributed by atoms with Crippen LogP contribution in [0.5, 0.6) is 0 Å². The van der Waals surface area contributed by atoms with Crippen molar-refractivity contribution >= 4 is 17.2 Å². The number of aryl methyl sites for hydroxylation is 3. The summed E-state index contributed by atoms with van der Waals surface area (Å²) in [5.41, 5.74) is 1.50. The highest BCUT2D eigenvalue weighted by Gasteiger charge is 2.30. The second-order valence-electron chi connectivity index (χ2n) is 7.73. The molecule has 3 aromatic rings. The van der Waals surface area contributed by atoms with Crippen LogP contribution >= 0.6 is 11.3 Å². The molecule has 0 bridgehead atoms. The predicted octanol–water partition coefficient (Wildman–Crippen LogP) is 5.67. The van der Waals surface area contributed by atoms with E-state index in [2.05, 4.69) is 15.6 Å². The molecule has 0 radical (unpaired) electrons. The van der Waals surface area contributed by atoms with Gasteiger partial charge in [-0.25, -0.2) is 9.37 Å². The van der Waals surface area contributed by atoms with E-state index in [0.717, 1.165) is 33.3 Å². The zero-order valence-electron chi connectivity index (χ0n) is 18.5. The van der Waals surface area contributed by atoms with Gasteiger partial charge in [0.2, 0.25) is 5.91 Å². The van der Waals surface area contributed by atoms with Crippen LogP contribution < -0.4 is 10.6 Å². The van der Waals surface area contributed by atoms with Gasteiger partial charge in [-0.05, 0) is 62.1 Å². The molecule has 0 spiro atoms. The lowest BCUT2D eigenvalue weighted by Gasteiger charge is -2.25. The monoisotopic (exact) mass is 479 g/mol. The largest absolute Gasteiger partial charge is 0.416 e. The van der Waals surface area contributed by atoms with Gasteiger partial charge in [0.15, 0.2) is 0 Å². The number of aromatic nitrogens is 1. The molecule has 1 amide bonds. The number of carbonyl (C=O) groups excluding carboxylic acids is 1. The van der Waals surface area contributed by atoms with E-state index in [1.165, 1.54) is 42.6 Å². The van der Waals surface area contributed by atoms with Gasteiger partial charge in [-0.3, -0.25) is 10.1 Å². The van der Waals surface area contributed by atoms with E-state index in [1.807, 2.05) is 13.8 Å². The number of carbonyl (C=O) groups is 1. The molecule has 2 N–H and O–H groups in total. The van der Waals surface area contributed by atoms with Crippen LogP contribution in [0.2, 0.25) is 0 Å². The van der Waals surface area contributed by atoms with Crippen LogP contribution in [-0.2, 0) is 17.4 Å². The summed E-state index contributed by atoms with van der Waals surface area (Å²) in [5, 5.41) is 6.88. The highest BCUT2D eigenvalue weighted by Crippen LogP contribution is 2.32. The van der Waals surface area contributed by atoms with Gasteiger partial charge >= 0.3 is 6.18 Å². The van der Waals surface area contributed by atoms with Gasteiger partial charge in [-0.15, -0.1) is 11.3 Å². The SMILES string of the molecule is CNC(=O)[C@H](N[C@@H](CCc1ccc(C(F)(F)F)cc1)c1sc(C)nc1C)c1ccc(F)cc1. The summed E-state index contributed by atoms with van der Waals surface area (Å²) in [6.07, 6.45) is -3.35. The second kappa shape index (κ2) is 10.4. The molecule has 9 heteroatoms. The first kappa shape index (κ1) is 24.9. The number of thiazole rings is 1. The summed E-state index contributed by atoms with van der Waals surface area (Å²) in [4.78, 5) is 18.1. The first-order valence-electron chi connectivity index (χ1n) is 10.4. The number of benzene rings is 2. The topological polar surface area (TPSA) is 54.0 Å². The molecule has 0 unspecified atom stereocenters. The van der Waals surface area contributed by atoms with Gasteiger partial charge in [-0.2, -0.15) is 13.2 Å². The number of amides is 1. The average molecular weight is 480 g/mol. The first-order chi connectivity index (χ1) is 15.6. The lowest BCUT2D eigenvalue weighted by atomic mass is 9.99. The van der Waals surface area contributed by atoms with E-state index in [4.69, 9.17) is 0 Å². The molecule has 176 valence electrons. The van der Waals surface area contributed by atoms with Crippen LogP contribution in [-0.4, -0.2) is 17.9 Å². The smallest absolute Gasteiger partial charge is 0.358 e. The summed E-state index contributed by atoms with van der Waals surface area (Å²) >= 11 is 1.51. The van der Waals surface area contributed by atoms with Gasteiger partial charge in [0, 0.05) is 18.0 Å². The second-order valence-corrected chi connectivity index (χ2v) is 8.97. The number of hydrogen-bond acceptors (Lipinski definition) is 4. The molecule has 0 aliphatic rings. The maximum atomic E-state index is 13.4. The molecule has 3 rings (SSSR count).